The number of halogens is 3. The lowest BCUT2D eigenvalue weighted by atomic mass is 10.0. The highest BCUT2D eigenvalue weighted by atomic mass is 19.4. The number of hydrogen-bond donors (Lipinski definition) is 0. The molecule has 0 amide bonds. The third kappa shape index (κ3) is 5.29. The molecule has 5 rings (SSSR count). The highest BCUT2D eigenvalue weighted by Crippen LogP contribution is 2.36. The van der Waals surface area contributed by atoms with Crippen LogP contribution in [-0.2, 0) is 12.7 Å². The van der Waals surface area contributed by atoms with Crippen molar-refractivity contribution in [2.75, 3.05) is 26.2 Å². The molecular formula is C30H31F3N2O. The summed E-state index contributed by atoms with van der Waals surface area (Å²) in [6.45, 7) is 6.59. The maximum atomic E-state index is 13.1. The summed E-state index contributed by atoms with van der Waals surface area (Å²) in [5.74, 6) is 0.854. The first kappa shape index (κ1) is 24.4. The molecule has 1 aromatic heterocycles. The first-order valence-corrected chi connectivity index (χ1v) is 12.6. The molecule has 1 saturated heterocycles. The Bertz CT molecular complexity index is 1300. The summed E-state index contributed by atoms with van der Waals surface area (Å²) in [6, 6.07) is 21.7. The number of para-hydroxylation sites is 1. The average molecular weight is 493 g/mol. The number of ether oxygens (including phenoxy) is 1. The fourth-order valence-electron chi connectivity index (χ4n) is 5.18. The van der Waals surface area contributed by atoms with Gasteiger partial charge in [0.1, 0.15) is 12.4 Å². The summed E-state index contributed by atoms with van der Waals surface area (Å²) in [6.07, 6.45) is -0.471. The summed E-state index contributed by atoms with van der Waals surface area (Å²) in [7, 11) is 0. The minimum atomic E-state index is -4.35. The monoisotopic (exact) mass is 492 g/mol. The van der Waals surface area contributed by atoms with E-state index in [0.717, 1.165) is 70.8 Å². The molecular weight excluding hydrogens is 461 g/mol. The lowest BCUT2D eigenvalue weighted by Crippen LogP contribution is -2.33. The minimum Gasteiger partial charge on any atom is -0.492 e. The van der Waals surface area contributed by atoms with Crippen molar-refractivity contribution in [3.8, 4) is 17.0 Å². The molecule has 1 aliphatic heterocycles. The number of rotatable bonds is 7. The van der Waals surface area contributed by atoms with E-state index in [2.05, 4.69) is 33.7 Å². The predicted molar refractivity (Wildman–Crippen MR) is 138 cm³/mol. The van der Waals surface area contributed by atoms with Gasteiger partial charge in [-0.05, 0) is 79.9 Å². The van der Waals surface area contributed by atoms with E-state index in [1.165, 1.54) is 19.3 Å². The van der Waals surface area contributed by atoms with E-state index in [1.807, 2.05) is 31.2 Å². The van der Waals surface area contributed by atoms with Crippen LogP contribution < -0.4 is 4.74 Å². The van der Waals surface area contributed by atoms with Crippen molar-refractivity contribution in [2.24, 2.45) is 0 Å². The van der Waals surface area contributed by atoms with Gasteiger partial charge in [0.15, 0.2) is 0 Å². The van der Waals surface area contributed by atoms with Crippen LogP contribution >= 0.6 is 0 Å². The number of fused-ring (bicyclic) bond motifs is 1. The van der Waals surface area contributed by atoms with Crippen LogP contribution in [0, 0.1) is 6.92 Å². The van der Waals surface area contributed by atoms with Gasteiger partial charge in [0.05, 0.1) is 11.3 Å². The maximum absolute atomic E-state index is 13.1. The van der Waals surface area contributed by atoms with E-state index < -0.39 is 11.7 Å². The molecule has 0 radical (unpaired) electrons. The van der Waals surface area contributed by atoms with Crippen molar-refractivity contribution in [3.05, 3.63) is 89.5 Å². The van der Waals surface area contributed by atoms with Crippen LogP contribution in [0.2, 0.25) is 0 Å². The molecule has 1 aliphatic rings. The fourth-order valence-corrected chi connectivity index (χ4v) is 5.18. The molecule has 0 N–H and O–H groups in total. The first-order chi connectivity index (χ1) is 17.4. The summed E-state index contributed by atoms with van der Waals surface area (Å²) in [4.78, 5) is 2.46. The van der Waals surface area contributed by atoms with Crippen molar-refractivity contribution >= 4 is 10.9 Å². The Balaban J connectivity index is 1.37. The maximum Gasteiger partial charge on any atom is 0.416 e. The molecule has 188 valence electrons. The van der Waals surface area contributed by atoms with Crippen LogP contribution in [0.3, 0.4) is 0 Å². The molecule has 0 unspecified atom stereocenters. The first-order valence-electron chi connectivity index (χ1n) is 12.6. The molecule has 0 spiro atoms. The zero-order valence-electron chi connectivity index (χ0n) is 20.5. The van der Waals surface area contributed by atoms with Crippen molar-refractivity contribution in [2.45, 2.75) is 38.9 Å². The number of alkyl halides is 3. The Kier molecular flexibility index (Phi) is 7.06. The molecule has 0 saturated carbocycles. The molecule has 3 aromatic carbocycles. The third-order valence-electron chi connectivity index (χ3n) is 7.10. The van der Waals surface area contributed by atoms with Crippen molar-refractivity contribution < 1.29 is 17.9 Å². The fraction of sp³-hybridized carbons (Fsp3) is 0.333. The topological polar surface area (TPSA) is 17.4 Å². The van der Waals surface area contributed by atoms with Gasteiger partial charge in [-0.3, -0.25) is 4.90 Å². The standard InChI is InChI=1S/C30H31F3N2O/c1-22-27-7-3-4-8-28(27)35(29(22)24-11-13-25(14-12-24)30(31,32)33)21-23-9-15-26(16-10-23)36-20-19-34-17-5-2-6-18-34/h3-4,7-16H,2,5-6,17-21H2,1H3. The van der Waals surface area contributed by atoms with Gasteiger partial charge in [-0.2, -0.15) is 13.2 Å². The van der Waals surface area contributed by atoms with E-state index in [-0.39, 0.29) is 0 Å². The number of piperidine rings is 1. The number of aromatic nitrogens is 1. The quantitative estimate of drug-likeness (QED) is 0.265. The molecule has 0 bridgehead atoms. The minimum absolute atomic E-state index is 0.610. The predicted octanol–water partition coefficient (Wildman–Crippen LogP) is 7.55. The zero-order chi connectivity index (χ0) is 25.1. The van der Waals surface area contributed by atoms with Crippen LogP contribution in [-0.4, -0.2) is 35.7 Å². The van der Waals surface area contributed by atoms with Crippen LogP contribution in [0.1, 0.15) is 36.0 Å². The second kappa shape index (κ2) is 10.4. The lowest BCUT2D eigenvalue weighted by Gasteiger charge is -2.26. The smallest absolute Gasteiger partial charge is 0.416 e. The Morgan fingerprint density at radius 3 is 2.22 bits per heavy atom. The molecule has 6 heteroatoms. The second-order valence-corrected chi connectivity index (χ2v) is 9.55. The van der Waals surface area contributed by atoms with Gasteiger partial charge in [-0.1, -0.05) is 48.9 Å². The number of aryl methyl sites for hydroxylation is 1. The van der Waals surface area contributed by atoms with Gasteiger partial charge < -0.3 is 9.30 Å². The van der Waals surface area contributed by atoms with Crippen LogP contribution in [0.25, 0.3) is 22.2 Å². The number of benzene rings is 3. The van der Waals surface area contributed by atoms with Crippen molar-refractivity contribution in [3.63, 3.8) is 0 Å². The zero-order valence-corrected chi connectivity index (χ0v) is 20.5. The number of nitrogens with zero attached hydrogens (tertiary/aromatic N) is 2. The Hall–Kier alpha value is -3.25. The molecule has 2 heterocycles. The molecule has 0 aliphatic carbocycles. The Labute approximate surface area is 210 Å². The summed E-state index contributed by atoms with van der Waals surface area (Å²) in [5, 5.41) is 1.10. The normalized spacial score (nSPS) is 14.9. The van der Waals surface area contributed by atoms with E-state index in [4.69, 9.17) is 4.74 Å². The van der Waals surface area contributed by atoms with Gasteiger partial charge in [0.2, 0.25) is 0 Å². The molecule has 1 fully saturated rings. The second-order valence-electron chi connectivity index (χ2n) is 9.55. The van der Waals surface area contributed by atoms with Crippen molar-refractivity contribution in [1.29, 1.82) is 0 Å². The van der Waals surface area contributed by atoms with Crippen LogP contribution in [0.4, 0.5) is 13.2 Å². The van der Waals surface area contributed by atoms with Crippen molar-refractivity contribution in [1.82, 2.24) is 9.47 Å². The van der Waals surface area contributed by atoms with Gasteiger partial charge >= 0.3 is 6.18 Å². The average Bonchev–Trinajstić information content (AvgIpc) is 3.16. The molecule has 3 nitrogen and oxygen atoms in total. The Morgan fingerprint density at radius 2 is 1.53 bits per heavy atom. The van der Waals surface area contributed by atoms with E-state index in [0.29, 0.717) is 13.2 Å². The SMILES string of the molecule is Cc1c(-c2ccc(C(F)(F)F)cc2)n(Cc2ccc(OCCN3CCCCC3)cc2)c2ccccc12. The van der Waals surface area contributed by atoms with E-state index >= 15 is 0 Å². The summed E-state index contributed by atoms with van der Waals surface area (Å²) < 4.78 is 47.5. The summed E-state index contributed by atoms with van der Waals surface area (Å²) >= 11 is 0. The molecule has 0 atom stereocenters. The number of likely N-dealkylation sites (tertiary alicyclic amines) is 1. The summed E-state index contributed by atoms with van der Waals surface area (Å²) in [5.41, 5.74) is 4.30. The highest BCUT2D eigenvalue weighted by Gasteiger charge is 2.30. The lowest BCUT2D eigenvalue weighted by molar-refractivity contribution is -0.137. The largest absolute Gasteiger partial charge is 0.492 e. The highest BCUT2D eigenvalue weighted by molar-refractivity contribution is 5.91. The van der Waals surface area contributed by atoms with Crippen LogP contribution in [0.5, 0.6) is 5.75 Å². The van der Waals surface area contributed by atoms with Gasteiger partial charge in [0.25, 0.3) is 0 Å². The molecule has 36 heavy (non-hydrogen) atoms. The van der Waals surface area contributed by atoms with Gasteiger partial charge in [-0.15, -0.1) is 0 Å². The Morgan fingerprint density at radius 1 is 0.833 bits per heavy atom. The van der Waals surface area contributed by atoms with E-state index in [9.17, 15) is 13.2 Å². The van der Waals surface area contributed by atoms with Crippen LogP contribution in [0.15, 0.2) is 72.8 Å². The molecule has 4 aromatic rings. The van der Waals surface area contributed by atoms with Gasteiger partial charge in [0, 0.05) is 24.0 Å². The number of hydrogen-bond acceptors (Lipinski definition) is 2. The van der Waals surface area contributed by atoms with E-state index in [1.54, 1.807) is 12.1 Å². The van der Waals surface area contributed by atoms with Gasteiger partial charge in [-0.25, -0.2) is 0 Å². The third-order valence-corrected chi connectivity index (χ3v) is 7.10.